The van der Waals surface area contributed by atoms with Crippen LogP contribution in [0.1, 0.15) is 20.3 Å². The maximum atomic E-state index is 11.2. The molecule has 6 heteroatoms. The third kappa shape index (κ3) is 6.94. The minimum Gasteiger partial charge on any atom is -0.316 e. The minimum atomic E-state index is -3.29. The summed E-state index contributed by atoms with van der Waals surface area (Å²) >= 11 is 0. The van der Waals surface area contributed by atoms with Crippen molar-refractivity contribution in [2.45, 2.75) is 26.3 Å². The lowest BCUT2D eigenvalue weighted by Gasteiger charge is -2.11. The molecule has 0 amide bonds. The number of hydrogen-bond acceptors (Lipinski definition) is 3. The van der Waals surface area contributed by atoms with E-state index in [-0.39, 0.29) is 6.04 Å². The van der Waals surface area contributed by atoms with Gasteiger partial charge in [-0.2, -0.15) is 8.42 Å². The lowest BCUT2D eigenvalue weighted by Crippen LogP contribution is -2.43. The number of likely N-dealkylation sites (N-methyl/N-ethyl adjacent to an activating group) is 1. The first-order valence-corrected chi connectivity index (χ1v) is 5.91. The molecule has 0 aliphatic carbocycles. The lowest BCUT2D eigenvalue weighted by atomic mass is 10.4. The van der Waals surface area contributed by atoms with Crippen LogP contribution in [0.4, 0.5) is 0 Å². The zero-order chi connectivity index (χ0) is 10.3. The van der Waals surface area contributed by atoms with Gasteiger partial charge in [0, 0.05) is 19.1 Å². The standard InChI is InChI=1S/C7H19N3O2S/c1-4-5-9-13(11,12)10-6-7(2)8-3/h7-10H,4-6H2,1-3H3. The second kappa shape index (κ2) is 6.31. The molecule has 0 spiro atoms. The van der Waals surface area contributed by atoms with Crippen molar-refractivity contribution in [3.8, 4) is 0 Å². The van der Waals surface area contributed by atoms with Crippen molar-refractivity contribution in [1.82, 2.24) is 14.8 Å². The second-order valence-corrected chi connectivity index (χ2v) is 4.52. The van der Waals surface area contributed by atoms with Gasteiger partial charge in [-0.15, -0.1) is 0 Å². The summed E-state index contributed by atoms with van der Waals surface area (Å²) in [5, 5.41) is 2.94. The van der Waals surface area contributed by atoms with Gasteiger partial charge in [0.1, 0.15) is 0 Å². The van der Waals surface area contributed by atoms with Crippen LogP contribution in [0.2, 0.25) is 0 Å². The number of rotatable bonds is 7. The molecule has 0 heterocycles. The molecule has 0 fully saturated rings. The van der Waals surface area contributed by atoms with E-state index in [4.69, 9.17) is 0 Å². The summed E-state index contributed by atoms with van der Waals surface area (Å²) in [6, 6.07) is 0.137. The minimum absolute atomic E-state index is 0.137. The van der Waals surface area contributed by atoms with E-state index in [0.717, 1.165) is 6.42 Å². The average molecular weight is 209 g/mol. The predicted molar refractivity (Wildman–Crippen MR) is 53.7 cm³/mol. The first-order valence-electron chi connectivity index (χ1n) is 4.43. The summed E-state index contributed by atoms with van der Waals surface area (Å²) in [5.41, 5.74) is 0. The van der Waals surface area contributed by atoms with Crippen LogP contribution in [0.25, 0.3) is 0 Å². The van der Waals surface area contributed by atoms with Gasteiger partial charge in [-0.25, -0.2) is 9.44 Å². The van der Waals surface area contributed by atoms with Crippen molar-refractivity contribution in [2.75, 3.05) is 20.1 Å². The van der Waals surface area contributed by atoms with Crippen LogP contribution >= 0.6 is 0 Å². The summed E-state index contributed by atoms with van der Waals surface area (Å²) in [7, 11) is -1.50. The maximum absolute atomic E-state index is 11.2. The van der Waals surface area contributed by atoms with E-state index < -0.39 is 10.2 Å². The molecule has 80 valence electrons. The lowest BCUT2D eigenvalue weighted by molar-refractivity contribution is 0.543. The van der Waals surface area contributed by atoms with E-state index in [2.05, 4.69) is 14.8 Å². The van der Waals surface area contributed by atoms with Gasteiger partial charge < -0.3 is 5.32 Å². The van der Waals surface area contributed by atoms with E-state index in [0.29, 0.717) is 13.1 Å². The molecule has 0 saturated carbocycles. The van der Waals surface area contributed by atoms with Gasteiger partial charge in [-0.05, 0) is 20.4 Å². The Bertz CT molecular complexity index is 216. The van der Waals surface area contributed by atoms with Crippen molar-refractivity contribution in [1.29, 1.82) is 0 Å². The van der Waals surface area contributed by atoms with Gasteiger partial charge in [-0.3, -0.25) is 0 Å². The summed E-state index contributed by atoms with van der Waals surface area (Å²) in [5.74, 6) is 0. The molecule has 0 aliphatic rings. The Morgan fingerprint density at radius 1 is 1.31 bits per heavy atom. The summed E-state index contributed by atoms with van der Waals surface area (Å²) in [4.78, 5) is 0. The van der Waals surface area contributed by atoms with Gasteiger partial charge in [0.25, 0.3) is 10.2 Å². The largest absolute Gasteiger partial charge is 0.316 e. The number of hydrogen-bond donors (Lipinski definition) is 3. The Morgan fingerprint density at radius 2 is 1.92 bits per heavy atom. The highest BCUT2D eigenvalue weighted by Crippen LogP contribution is 1.81. The Kier molecular flexibility index (Phi) is 6.23. The fraction of sp³-hybridized carbons (Fsp3) is 1.00. The molecule has 0 rings (SSSR count). The zero-order valence-electron chi connectivity index (χ0n) is 8.42. The fourth-order valence-electron chi connectivity index (χ4n) is 0.624. The monoisotopic (exact) mass is 209 g/mol. The van der Waals surface area contributed by atoms with Crippen molar-refractivity contribution in [3.05, 3.63) is 0 Å². The molecule has 1 unspecified atom stereocenters. The molecule has 0 aromatic heterocycles. The van der Waals surface area contributed by atoms with Gasteiger partial charge >= 0.3 is 0 Å². The predicted octanol–water partition coefficient (Wildman–Crippen LogP) is -0.572. The van der Waals surface area contributed by atoms with E-state index in [9.17, 15) is 8.42 Å². The topological polar surface area (TPSA) is 70.2 Å². The normalized spacial score (nSPS) is 14.4. The van der Waals surface area contributed by atoms with Crippen LogP contribution in [-0.2, 0) is 10.2 Å². The molecule has 0 aromatic rings. The van der Waals surface area contributed by atoms with Gasteiger partial charge in [0.2, 0.25) is 0 Å². The average Bonchev–Trinajstić information content (AvgIpc) is 2.11. The molecular formula is C7H19N3O2S. The van der Waals surface area contributed by atoms with Crippen molar-refractivity contribution in [2.24, 2.45) is 0 Å². The van der Waals surface area contributed by atoms with Gasteiger partial charge in [0.15, 0.2) is 0 Å². The first-order chi connectivity index (χ1) is 6.02. The molecule has 13 heavy (non-hydrogen) atoms. The molecular weight excluding hydrogens is 190 g/mol. The molecule has 0 radical (unpaired) electrons. The highest BCUT2D eigenvalue weighted by atomic mass is 32.2. The molecule has 5 nitrogen and oxygen atoms in total. The third-order valence-corrected chi connectivity index (χ3v) is 2.75. The molecule has 1 atom stereocenters. The third-order valence-electron chi connectivity index (χ3n) is 1.61. The first kappa shape index (κ1) is 12.8. The summed E-state index contributed by atoms with van der Waals surface area (Å²) in [6.07, 6.45) is 0.794. The number of nitrogens with one attached hydrogen (secondary N) is 3. The van der Waals surface area contributed by atoms with Crippen LogP contribution < -0.4 is 14.8 Å². The Morgan fingerprint density at radius 3 is 2.38 bits per heavy atom. The molecule has 0 aliphatic heterocycles. The van der Waals surface area contributed by atoms with Gasteiger partial charge in [-0.1, -0.05) is 6.92 Å². The van der Waals surface area contributed by atoms with Gasteiger partial charge in [0.05, 0.1) is 0 Å². The molecule has 3 N–H and O–H groups in total. The van der Waals surface area contributed by atoms with Crippen molar-refractivity contribution < 1.29 is 8.42 Å². The summed E-state index contributed by atoms with van der Waals surface area (Å²) < 4.78 is 27.2. The zero-order valence-corrected chi connectivity index (χ0v) is 9.24. The highest BCUT2D eigenvalue weighted by Gasteiger charge is 2.08. The molecule has 0 saturated heterocycles. The van der Waals surface area contributed by atoms with E-state index in [1.54, 1.807) is 7.05 Å². The fourth-order valence-corrected chi connectivity index (χ4v) is 1.67. The molecule has 0 aromatic carbocycles. The van der Waals surface area contributed by atoms with E-state index in [1.807, 2.05) is 13.8 Å². The summed E-state index contributed by atoms with van der Waals surface area (Å²) in [6.45, 7) is 4.69. The van der Waals surface area contributed by atoms with Crippen LogP contribution in [0.15, 0.2) is 0 Å². The van der Waals surface area contributed by atoms with Crippen molar-refractivity contribution in [3.63, 3.8) is 0 Å². The smallest absolute Gasteiger partial charge is 0.276 e. The van der Waals surface area contributed by atoms with Crippen LogP contribution in [0.5, 0.6) is 0 Å². The maximum Gasteiger partial charge on any atom is 0.276 e. The van der Waals surface area contributed by atoms with E-state index >= 15 is 0 Å². The van der Waals surface area contributed by atoms with Crippen LogP contribution in [0, 0.1) is 0 Å². The Labute approximate surface area is 80.5 Å². The Balaban J connectivity index is 3.76. The molecule has 0 bridgehead atoms. The Hall–Kier alpha value is -0.170. The SMILES string of the molecule is CCCNS(=O)(=O)NCC(C)NC. The second-order valence-electron chi connectivity index (χ2n) is 2.94. The van der Waals surface area contributed by atoms with Crippen molar-refractivity contribution >= 4 is 10.2 Å². The van der Waals surface area contributed by atoms with Crippen LogP contribution in [-0.4, -0.2) is 34.6 Å². The quantitative estimate of drug-likeness (QED) is 0.526. The van der Waals surface area contributed by atoms with E-state index in [1.165, 1.54) is 0 Å². The van der Waals surface area contributed by atoms with Crippen LogP contribution in [0.3, 0.4) is 0 Å². The highest BCUT2D eigenvalue weighted by molar-refractivity contribution is 7.87.